The van der Waals surface area contributed by atoms with Crippen LogP contribution in [-0.2, 0) is 4.74 Å². The van der Waals surface area contributed by atoms with E-state index in [0.29, 0.717) is 36.9 Å². The third-order valence-electron chi connectivity index (χ3n) is 2.46. The van der Waals surface area contributed by atoms with Crippen LogP contribution in [0.15, 0.2) is 18.2 Å². The Morgan fingerprint density at radius 2 is 1.85 bits per heavy atom. The van der Waals surface area contributed by atoms with Crippen LogP contribution < -0.4 is 9.47 Å². The number of ether oxygens (including phenoxy) is 3. The van der Waals surface area contributed by atoms with Crippen LogP contribution in [0.4, 0.5) is 0 Å². The fourth-order valence-electron chi connectivity index (χ4n) is 1.55. The van der Waals surface area contributed by atoms with Gasteiger partial charge in [0.2, 0.25) is 0 Å². The van der Waals surface area contributed by atoms with Gasteiger partial charge in [-0.15, -0.1) is 0 Å². The molecule has 0 heterocycles. The summed E-state index contributed by atoms with van der Waals surface area (Å²) in [5.74, 6) is 1.25. The van der Waals surface area contributed by atoms with Crippen molar-refractivity contribution >= 4 is 6.29 Å². The average Bonchev–Trinajstić information content (AvgIpc) is 2.40. The smallest absolute Gasteiger partial charge is 0.153 e. The lowest BCUT2D eigenvalue weighted by molar-refractivity contribution is -0.0163. The number of carbonyl (C=O) groups excluding carboxylic acids is 1. The Labute approximate surface area is 121 Å². The van der Waals surface area contributed by atoms with Gasteiger partial charge >= 0.3 is 0 Å². The maximum atomic E-state index is 11.0. The highest BCUT2D eigenvalue weighted by Crippen LogP contribution is 2.24. The van der Waals surface area contributed by atoms with Crippen LogP contribution in [0.2, 0.25) is 0 Å². The van der Waals surface area contributed by atoms with Crippen molar-refractivity contribution in [2.24, 2.45) is 0 Å². The highest BCUT2D eigenvalue weighted by Gasteiger charge is 2.10. The first-order valence-electron chi connectivity index (χ1n) is 6.95. The van der Waals surface area contributed by atoms with Crippen LogP contribution in [0.1, 0.15) is 44.5 Å². The molecule has 0 aliphatic carbocycles. The van der Waals surface area contributed by atoms with Gasteiger partial charge in [-0.3, -0.25) is 4.79 Å². The molecule has 0 N–H and O–H groups in total. The Morgan fingerprint density at radius 1 is 1.10 bits per heavy atom. The molecule has 4 nitrogen and oxygen atoms in total. The number of aldehydes is 1. The van der Waals surface area contributed by atoms with Gasteiger partial charge in [-0.05, 0) is 39.3 Å². The Morgan fingerprint density at radius 3 is 2.45 bits per heavy atom. The predicted octanol–water partition coefficient (Wildman–Crippen LogP) is 3.48. The second kappa shape index (κ2) is 7.90. The molecule has 0 atom stereocenters. The van der Waals surface area contributed by atoms with E-state index in [2.05, 4.69) is 0 Å². The molecule has 1 aromatic rings. The highest BCUT2D eigenvalue weighted by atomic mass is 16.5. The lowest BCUT2D eigenvalue weighted by Gasteiger charge is -2.19. The van der Waals surface area contributed by atoms with Gasteiger partial charge in [-0.1, -0.05) is 6.92 Å². The van der Waals surface area contributed by atoms with Crippen molar-refractivity contribution in [1.29, 1.82) is 0 Å². The minimum absolute atomic E-state index is 0.192. The van der Waals surface area contributed by atoms with E-state index in [1.807, 2.05) is 27.7 Å². The molecule has 0 bridgehead atoms. The standard InChI is InChI=1S/C16H24O4/c1-5-8-18-14-7-6-13(12-17)15(11-14)19-9-10-20-16(2,3)4/h6-7,11-12H,5,8-10H2,1-4H3. The molecule has 0 unspecified atom stereocenters. The van der Waals surface area contributed by atoms with Crippen molar-refractivity contribution in [3.8, 4) is 11.5 Å². The number of hydrogen-bond donors (Lipinski definition) is 0. The Hall–Kier alpha value is -1.55. The van der Waals surface area contributed by atoms with E-state index in [4.69, 9.17) is 14.2 Å². The normalized spacial score (nSPS) is 11.2. The third-order valence-corrected chi connectivity index (χ3v) is 2.46. The van der Waals surface area contributed by atoms with E-state index in [1.165, 1.54) is 0 Å². The topological polar surface area (TPSA) is 44.8 Å². The maximum Gasteiger partial charge on any atom is 0.153 e. The van der Waals surface area contributed by atoms with Gasteiger partial charge in [0, 0.05) is 6.07 Å². The summed E-state index contributed by atoms with van der Waals surface area (Å²) in [6, 6.07) is 5.23. The molecule has 0 aliphatic rings. The van der Waals surface area contributed by atoms with Crippen LogP contribution in [0, 0.1) is 0 Å². The molecule has 112 valence electrons. The molecular formula is C16H24O4. The van der Waals surface area contributed by atoms with Crippen molar-refractivity contribution in [1.82, 2.24) is 0 Å². The van der Waals surface area contributed by atoms with Crippen molar-refractivity contribution < 1.29 is 19.0 Å². The summed E-state index contributed by atoms with van der Waals surface area (Å²) in [4.78, 5) is 11.0. The number of hydrogen-bond acceptors (Lipinski definition) is 4. The molecule has 0 radical (unpaired) electrons. The summed E-state index contributed by atoms with van der Waals surface area (Å²) in [6.07, 6.45) is 1.72. The van der Waals surface area contributed by atoms with Crippen LogP contribution in [0.3, 0.4) is 0 Å². The van der Waals surface area contributed by atoms with Crippen LogP contribution >= 0.6 is 0 Å². The van der Waals surface area contributed by atoms with Gasteiger partial charge in [0.25, 0.3) is 0 Å². The Kier molecular flexibility index (Phi) is 6.52. The van der Waals surface area contributed by atoms with Crippen molar-refractivity contribution in [3.05, 3.63) is 23.8 Å². The summed E-state index contributed by atoms with van der Waals surface area (Å²) in [7, 11) is 0. The fourth-order valence-corrected chi connectivity index (χ4v) is 1.55. The molecule has 1 aromatic carbocycles. The summed E-state index contributed by atoms with van der Waals surface area (Å²) in [5.41, 5.74) is 0.327. The van der Waals surface area contributed by atoms with E-state index >= 15 is 0 Å². The minimum Gasteiger partial charge on any atom is -0.493 e. The van der Waals surface area contributed by atoms with Gasteiger partial charge in [-0.2, -0.15) is 0 Å². The van der Waals surface area contributed by atoms with Crippen LogP contribution in [0.5, 0.6) is 11.5 Å². The van der Waals surface area contributed by atoms with E-state index < -0.39 is 0 Å². The largest absolute Gasteiger partial charge is 0.493 e. The summed E-state index contributed by atoms with van der Waals surface area (Å²) < 4.78 is 16.7. The highest BCUT2D eigenvalue weighted by molar-refractivity contribution is 5.79. The first-order chi connectivity index (χ1) is 9.46. The lowest BCUT2D eigenvalue weighted by Crippen LogP contribution is -2.22. The molecule has 0 spiro atoms. The zero-order valence-electron chi connectivity index (χ0n) is 12.8. The Balaban J connectivity index is 2.59. The van der Waals surface area contributed by atoms with E-state index in [0.717, 1.165) is 12.7 Å². The second-order valence-electron chi connectivity index (χ2n) is 5.48. The zero-order valence-corrected chi connectivity index (χ0v) is 12.8. The van der Waals surface area contributed by atoms with E-state index in [1.54, 1.807) is 18.2 Å². The summed E-state index contributed by atoms with van der Waals surface area (Å²) in [5, 5.41) is 0. The van der Waals surface area contributed by atoms with Crippen molar-refractivity contribution in [2.75, 3.05) is 19.8 Å². The van der Waals surface area contributed by atoms with Crippen LogP contribution in [-0.4, -0.2) is 31.7 Å². The van der Waals surface area contributed by atoms with Crippen molar-refractivity contribution in [2.45, 2.75) is 39.7 Å². The molecular weight excluding hydrogens is 256 g/mol. The van der Waals surface area contributed by atoms with Crippen LogP contribution in [0.25, 0.3) is 0 Å². The molecule has 4 heteroatoms. The molecule has 0 saturated heterocycles. The zero-order chi connectivity index (χ0) is 15.0. The predicted molar refractivity (Wildman–Crippen MR) is 78.8 cm³/mol. The maximum absolute atomic E-state index is 11.0. The van der Waals surface area contributed by atoms with E-state index in [9.17, 15) is 4.79 Å². The fraction of sp³-hybridized carbons (Fsp3) is 0.562. The first-order valence-corrected chi connectivity index (χ1v) is 6.95. The first kappa shape index (κ1) is 16.5. The van der Waals surface area contributed by atoms with Gasteiger partial charge in [0.15, 0.2) is 6.29 Å². The minimum atomic E-state index is -0.192. The molecule has 1 rings (SSSR count). The molecule has 0 amide bonds. The summed E-state index contributed by atoms with van der Waals surface area (Å²) >= 11 is 0. The van der Waals surface area contributed by atoms with E-state index in [-0.39, 0.29) is 5.60 Å². The lowest BCUT2D eigenvalue weighted by atomic mass is 10.2. The number of rotatable bonds is 8. The quantitative estimate of drug-likeness (QED) is 0.540. The van der Waals surface area contributed by atoms with Gasteiger partial charge in [0.05, 0.1) is 24.4 Å². The number of carbonyl (C=O) groups is 1. The monoisotopic (exact) mass is 280 g/mol. The van der Waals surface area contributed by atoms with Crippen molar-refractivity contribution in [3.63, 3.8) is 0 Å². The average molecular weight is 280 g/mol. The molecule has 0 aliphatic heterocycles. The Bertz CT molecular complexity index is 421. The third kappa shape index (κ3) is 6.06. The molecule has 0 aromatic heterocycles. The van der Waals surface area contributed by atoms with Gasteiger partial charge in [-0.25, -0.2) is 0 Å². The molecule has 0 fully saturated rings. The number of benzene rings is 1. The van der Waals surface area contributed by atoms with Gasteiger partial charge in [0.1, 0.15) is 18.1 Å². The second-order valence-corrected chi connectivity index (χ2v) is 5.48. The van der Waals surface area contributed by atoms with Gasteiger partial charge < -0.3 is 14.2 Å². The molecule has 0 saturated carbocycles. The molecule has 20 heavy (non-hydrogen) atoms. The summed E-state index contributed by atoms with van der Waals surface area (Å²) in [6.45, 7) is 9.53. The SMILES string of the molecule is CCCOc1ccc(C=O)c(OCCOC(C)(C)C)c1.